The summed E-state index contributed by atoms with van der Waals surface area (Å²) in [7, 11) is 1.52. The number of nitriles is 1. The normalized spacial score (nSPS) is 21.1. The smallest absolute Gasteiger partial charge is 0.160 e. The molecule has 0 saturated carbocycles. The predicted molar refractivity (Wildman–Crippen MR) is 77.6 cm³/mol. The number of phenols is 1. The van der Waals surface area contributed by atoms with Crippen LogP contribution in [0, 0.1) is 11.3 Å². The number of likely N-dealkylation sites (tertiary alicyclic amines) is 1. The Kier molecular flexibility index (Phi) is 4.86. The number of phenolic OH excluding ortho intramolecular Hbond substituents is 1. The van der Waals surface area contributed by atoms with Gasteiger partial charge in [-0.15, -0.1) is 0 Å². The van der Waals surface area contributed by atoms with Crippen LogP contribution < -0.4 is 4.74 Å². The summed E-state index contributed by atoms with van der Waals surface area (Å²) in [6, 6.07) is 7.79. The lowest BCUT2D eigenvalue weighted by Gasteiger charge is -2.38. The summed E-state index contributed by atoms with van der Waals surface area (Å²) in [6.07, 6.45) is 4.60. The highest BCUT2D eigenvalue weighted by Gasteiger charge is 2.29. The van der Waals surface area contributed by atoms with Crippen molar-refractivity contribution in [2.45, 2.75) is 44.7 Å². The average Bonchev–Trinajstić information content (AvgIpc) is 2.50. The quantitative estimate of drug-likeness (QED) is 0.915. The Labute approximate surface area is 120 Å². The Morgan fingerprint density at radius 1 is 1.50 bits per heavy atom. The molecule has 1 N–H and O–H groups in total. The van der Waals surface area contributed by atoms with Crippen LogP contribution >= 0.6 is 0 Å². The second-order valence-electron chi connectivity index (χ2n) is 5.26. The number of ether oxygens (including phenoxy) is 1. The highest BCUT2D eigenvalue weighted by Crippen LogP contribution is 2.34. The average molecular weight is 274 g/mol. The minimum absolute atomic E-state index is 0.110. The number of aromatic hydroxyl groups is 1. The number of nitrogens with zero attached hydrogens (tertiary/aromatic N) is 2. The number of rotatable bonds is 4. The van der Waals surface area contributed by atoms with Crippen LogP contribution in [0.1, 0.15) is 44.2 Å². The fourth-order valence-corrected chi connectivity index (χ4v) is 3.01. The van der Waals surface area contributed by atoms with Crippen molar-refractivity contribution in [1.29, 1.82) is 5.26 Å². The Bertz CT molecular complexity index is 496. The Morgan fingerprint density at radius 2 is 2.30 bits per heavy atom. The molecule has 0 spiro atoms. The first-order valence-electron chi connectivity index (χ1n) is 7.23. The van der Waals surface area contributed by atoms with E-state index in [1.165, 1.54) is 13.5 Å². The molecule has 1 aromatic rings. The van der Waals surface area contributed by atoms with Crippen molar-refractivity contribution in [2.24, 2.45) is 0 Å². The van der Waals surface area contributed by atoms with E-state index in [0.717, 1.165) is 31.4 Å². The van der Waals surface area contributed by atoms with Gasteiger partial charge in [-0.3, -0.25) is 4.90 Å². The van der Waals surface area contributed by atoms with E-state index in [9.17, 15) is 10.4 Å². The molecule has 0 aliphatic carbocycles. The molecule has 2 unspecified atom stereocenters. The van der Waals surface area contributed by atoms with E-state index in [2.05, 4.69) is 17.9 Å². The third kappa shape index (κ3) is 2.88. The van der Waals surface area contributed by atoms with Crippen LogP contribution in [0.4, 0.5) is 0 Å². The maximum atomic E-state index is 9.68. The van der Waals surface area contributed by atoms with Crippen molar-refractivity contribution < 1.29 is 9.84 Å². The van der Waals surface area contributed by atoms with Gasteiger partial charge in [0.1, 0.15) is 6.04 Å². The van der Waals surface area contributed by atoms with Gasteiger partial charge >= 0.3 is 0 Å². The Morgan fingerprint density at radius 3 is 2.95 bits per heavy atom. The standard InChI is InChI=1S/C16H22N2O2/c1-3-13-6-4-5-9-18(13)14(11-17)12-7-8-15(19)16(10-12)20-2/h7-8,10,13-14,19H,3-6,9H2,1-2H3. The summed E-state index contributed by atoms with van der Waals surface area (Å²) < 4.78 is 5.14. The number of hydrogen-bond acceptors (Lipinski definition) is 4. The van der Waals surface area contributed by atoms with E-state index < -0.39 is 0 Å². The summed E-state index contributed by atoms with van der Waals surface area (Å²) in [5.74, 6) is 0.534. The Balaban J connectivity index is 2.29. The molecule has 0 aromatic heterocycles. The largest absolute Gasteiger partial charge is 0.504 e. The van der Waals surface area contributed by atoms with Gasteiger partial charge in [-0.2, -0.15) is 5.26 Å². The molecule has 2 rings (SSSR count). The van der Waals surface area contributed by atoms with E-state index >= 15 is 0 Å². The van der Waals surface area contributed by atoms with E-state index in [1.54, 1.807) is 12.1 Å². The van der Waals surface area contributed by atoms with Gasteiger partial charge in [-0.1, -0.05) is 19.4 Å². The fourth-order valence-electron chi connectivity index (χ4n) is 3.01. The molecular weight excluding hydrogens is 252 g/mol. The number of hydrogen-bond donors (Lipinski definition) is 1. The summed E-state index contributed by atoms with van der Waals surface area (Å²) in [5, 5.41) is 19.3. The molecule has 1 aliphatic heterocycles. The van der Waals surface area contributed by atoms with Crippen molar-refractivity contribution >= 4 is 0 Å². The molecular formula is C16H22N2O2. The van der Waals surface area contributed by atoms with E-state index in [0.29, 0.717) is 11.8 Å². The van der Waals surface area contributed by atoms with Gasteiger partial charge in [0, 0.05) is 12.6 Å². The summed E-state index contributed by atoms with van der Waals surface area (Å²) >= 11 is 0. The van der Waals surface area contributed by atoms with Gasteiger partial charge in [-0.25, -0.2) is 0 Å². The molecule has 1 fully saturated rings. The van der Waals surface area contributed by atoms with E-state index in [1.807, 2.05) is 6.07 Å². The van der Waals surface area contributed by atoms with Crippen molar-refractivity contribution in [3.05, 3.63) is 23.8 Å². The first kappa shape index (κ1) is 14.7. The second kappa shape index (κ2) is 6.62. The lowest BCUT2D eigenvalue weighted by Crippen LogP contribution is -2.41. The van der Waals surface area contributed by atoms with Gasteiger partial charge in [0.15, 0.2) is 11.5 Å². The highest BCUT2D eigenvalue weighted by atomic mass is 16.5. The fraction of sp³-hybridized carbons (Fsp3) is 0.562. The molecule has 0 radical (unpaired) electrons. The predicted octanol–water partition coefficient (Wildman–Crippen LogP) is 3.23. The van der Waals surface area contributed by atoms with Crippen molar-refractivity contribution in [3.8, 4) is 17.6 Å². The highest BCUT2D eigenvalue weighted by molar-refractivity contribution is 5.43. The summed E-state index contributed by atoms with van der Waals surface area (Å²) in [4.78, 5) is 2.29. The number of piperidine rings is 1. The third-order valence-electron chi connectivity index (χ3n) is 4.12. The molecule has 4 nitrogen and oxygen atoms in total. The molecule has 2 atom stereocenters. The van der Waals surface area contributed by atoms with Crippen LogP contribution in [0.15, 0.2) is 18.2 Å². The SMILES string of the molecule is CCC1CCCCN1C(C#N)c1ccc(O)c(OC)c1. The molecule has 1 heterocycles. The molecule has 20 heavy (non-hydrogen) atoms. The van der Waals surface area contributed by atoms with Gasteiger partial charge < -0.3 is 9.84 Å². The maximum Gasteiger partial charge on any atom is 0.160 e. The molecule has 1 aromatic carbocycles. The van der Waals surface area contributed by atoms with Crippen molar-refractivity contribution in [2.75, 3.05) is 13.7 Å². The van der Waals surface area contributed by atoms with Crippen molar-refractivity contribution in [3.63, 3.8) is 0 Å². The first-order chi connectivity index (χ1) is 9.71. The zero-order chi connectivity index (χ0) is 14.5. The molecule has 108 valence electrons. The summed E-state index contributed by atoms with van der Waals surface area (Å²) in [6.45, 7) is 3.13. The third-order valence-corrected chi connectivity index (χ3v) is 4.12. The van der Waals surface area contributed by atoms with Crippen molar-refractivity contribution in [1.82, 2.24) is 4.90 Å². The minimum Gasteiger partial charge on any atom is -0.504 e. The van der Waals surface area contributed by atoms with Gasteiger partial charge in [0.25, 0.3) is 0 Å². The van der Waals surface area contributed by atoms with E-state index in [4.69, 9.17) is 4.74 Å². The number of benzene rings is 1. The topological polar surface area (TPSA) is 56.5 Å². The minimum atomic E-state index is -0.269. The zero-order valence-electron chi connectivity index (χ0n) is 12.2. The van der Waals surface area contributed by atoms with Crippen LogP contribution in [0.5, 0.6) is 11.5 Å². The van der Waals surface area contributed by atoms with Crippen LogP contribution in [0.25, 0.3) is 0 Å². The Hall–Kier alpha value is -1.73. The lowest BCUT2D eigenvalue weighted by atomic mass is 9.95. The zero-order valence-corrected chi connectivity index (χ0v) is 12.2. The summed E-state index contributed by atoms with van der Waals surface area (Å²) in [5.41, 5.74) is 0.891. The maximum absolute atomic E-state index is 9.68. The molecule has 0 bridgehead atoms. The van der Waals surface area contributed by atoms with Gasteiger partial charge in [0.2, 0.25) is 0 Å². The first-order valence-corrected chi connectivity index (χ1v) is 7.23. The molecule has 1 aliphatic rings. The second-order valence-corrected chi connectivity index (χ2v) is 5.26. The molecule has 1 saturated heterocycles. The lowest BCUT2D eigenvalue weighted by molar-refractivity contribution is 0.116. The van der Waals surface area contributed by atoms with Crippen LogP contribution in [-0.2, 0) is 0 Å². The van der Waals surface area contributed by atoms with Crippen LogP contribution in [-0.4, -0.2) is 29.7 Å². The number of methoxy groups -OCH3 is 1. The van der Waals surface area contributed by atoms with Crippen LogP contribution in [0.3, 0.4) is 0 Å². The van der Waals surface area contributed by atoms with E-state index in [-0.39, 0.29) is 11.8 Å². The molecule has 4 heteroatoms. The van der Waals surface area contributed by atoms with Gasteiger partial charge in [-0.05, 0) is 37.0 Å². The van der Waals surface area contributed by atoms with Gasteiger partial charge in [0.05, 0.1) is 13.2 Å². The monoisotopic (exact) mass is 274 g/mol. The van der Waals surface area contributed by atoms with Crippen LogP contribution in [0.2, 0.25) is 0 Å². The molecule has 0 amide bonds.